The van der Waals surface area contributed by atoms with Gasteiger partial charge in [-0.1, -0.05) is 5.16 Å². The van der Waals surface area contributed by atoms with E-state index in [2.05, 4.69) is 5.16 Å². The van der Waals surface area contributed by atoms with Gasteiger partial charge in [0.1, 0.15) is 0 Å². The molecule has 2 atom stereocenters. The summed E-state index contributed by atoms with van der Waals surface area (Å²) in [5.41, 5.74) is 5.21. The SMILES string of the molecule is NC(CN1C[C@H](CO)[C@H](C(F)(F)F)C1)=NO. The predicted molar refractivity (Wildman–Crippen MR) is 50.0 cm³/mol. The highest BCUT2D eigenvalue weighted by Gasteiger charge is 2.49. The van der Waals surface area contributed by atoms with Crippen LogP contribution in [0, 0.1) is 11.8 Å². The first-order chi connectivity index (χ1) is 7.38. The average molecular weight is 241 g/mol. The molecule has 1 fully saturated rings. The fourth-order valence-electron chi connectivity index (χ4n) is 1.91. The highest BCUT2D eigenvalue weighted by Crippen LogP contribution is 2.37. The van der Waals surface area contributed by atoms with Crippen LogP contribution in [0.1, 0.15) is 0 Å². The Hall–Kier alpha value is -1.02. The molecule has 1 aliphatic heterocycles. The van der Waals surface area contributed by atoms with Crippen molar-refractivity contribution in [3.63, 3.8) is 0 Å². The first-order valence-corrected chi connectivity index (χ1v) is 4.74. The first kappa shape index (κ1) is 13.0. The maximum absolute atomic E-state index is 12.5. The van der Waals surface area contributed by atoms with Gasteiger partial charge in [-0.25, -0.2) is 0 Å². The van der Waals surface area contributed by atoms with Gasteiger partial charge in [-0.2, -0.15) is 13.2 Å². The quantitative estimate of drug-likeness (QED) is 0.277. The van der Waals surface area contributed by atoms with Crippen molar-refractivity contribution in [2.45, 2.75) is 6.18 Å². The molecule has 0 amide bonds. The molecule has 4 N–H and O–H groups in total. The van der Waals surface area contributed by atoms with Crippen LogP contribution in [0.5, 0.6) is 0 Å². The second-order valence-electron chi connectivity index (χ2n) is 3.88. The first-order valence-electron chi connectivity index (χ1n) is 4.74. The largest absolute Gasteiger partial charge is 0.409 e. The molecule has 0 bridgehead atoms. The minimum atomic E-state index is -4.33. The van der Waals surface area contributed by atoms with Crippen molar-refractivity contribution >= 4 is 5.84 Å². The van der Waals surface area contributed by atoms with Crippen LogP contribution in [-0.4, -0.2) is 53.5 Å². The minimum absolute atomic E-state index is 0.0282. The normalized spacial score (nSPS) is 28.6. The van der Waals surface area contributed by atoms with E-state index in [9.17, 15) is 13.2 Å². The fraction of sp³-hybridized carbons (Fsp3) is 0.875. The number of amidine groups is 1. The molecule has 1 saturated heterocycles. The van der Waals surface area contributed by atoms with E-state index in [-0.39, 0.29) is 25.5 Å². The van der Waals surface area contributed by atoms with E-state index in [1.807, 2.05) is 0 Å². The lowest BCUT2D eigenvalue weighted by atomic mass is 9.97. The summed E-state index contributed by atoms with van der Waals surface area (Å²) in [5.74, 6) is -2.53. The minimum Gasteiger partial charge on any atom is -0.409 e. The Bertz CT molecular complexity index is 270. The molecular formula is C8H14F3N3O2. The Morgan fingerprint density at radius 3 is 2.44 bits per heavy atom. The molecular weight excluding hydrogens is 227 g/mol. The van der Waals surface area contributed by atoms with Gasteiger partial charge in [-0.3, -0.25) is 4.90 Å². The Labute approximate surface area is 90.3 Å². The number of hydrogen-bond acceptors (Lipinski definition) is 4. The third-order valence-electron chi connectivity index (χ3n) is 2.69. The number of likely N-dealkylation sites (tertiary alicyclic amines) is 1. The third-order valence-corrected chi connectivity index (χ3v) is 2.69. The molecule has 0 aliphatic carbocycles. The van der Waals surface area contributed by atoms with Crippen LogP contribution in [-0.2, 0) is 0 Å². The van der Waals surface area contributed by atoms with Crippen LogP contribution in [0.15, 0.2) is 5.16 Å². The number of aliphatic hydroxyl groups is 1. The lowest BCUT2D eigenvalue weighted by Crippen LogP contribution is -2.34. The van der Waals surface area contributed by atoms with Gasteiger partial charge in [0.25, 0.3) is 0 Å². The summed E-state index contributed by atoms with van der Waals surface area (Å²) in [6, 6.07) is 0. The number of nitrogens with zero attached hydrogens (tertiary/aromatic N) is 2. The van der Waals surface area contributed by atoms with E-state index < -0.39 is 24.6 Å². The van der Waals surface area contributed by atoms with Gasteiger partial charge < -0.3 is 16.0 Å². The van der Waals surface area contributed by atoms with Crippen LogP contribution in [0.2, 0.25) is 0 Å². The Balaban J connectivity index is 2.63. The third kappa shape index (κ3) is 2.99. The maximum atomic E-state index is 12.5. The smallest absolute Gasteiger partial charge is 0.393 e. The van der Waals surface area contributed by atoms with Gasteiger partial charge in [0.05, 0.1) is 12.5 Å². The Morgan fingerprint density at radius 1 is 1.44 bits per heavy atom. The highest BCUT2D eigenvalue weighted by molar-refractivity contribution is 5.81. The molecule has 1 rings (SSSR count). The summed E-state index contributed by atoms with van der Waals surface area (Å²) in [5, 5.41) is 19.9. The van der Waals surface area contributed by atoms with Crippen LogP contribution >= 0.6 is 0 Å². The standard InChI is InChI=1S/C8H14F3N3O2/c9-8(10,11)6-2-14(1-5(6)4-15)3-7(12)13-16/h5-6,15-16H,1-4H2,(H2,12,13)/t5-,6-/m1/s1. The van der Waals surface area contributed by atoms with Crippen molar-refractivity contribution in [2.75, 3.05) is 26.2 Å². The van der Waals surface area contributed by atoms with Gasteiger partial charge >= 0.3 is 6.18 Å². The molecule has 0 aromatic carbocycles. The van der Waals surface area contributed by atoms with Crippen molar-refractivity contribution in [3.8, 4) is 0 Å². The van der Waals surface area contributed by atoms with Crippen molar-refractivity contribution in [2.24, 2.45) is 22.7 Å². The van der Waals surface area contributed by atoms with Crippen LogP contribution in [0.25, 0.3) is 0 Å². The molecule has 0 unspecified atom stereocenters. The topological polar surface area (TPSA) is 82.1 Å². The zero-order valence-electron chi connectivity index (χ0n) is 8.48. The van der Waals surface area contributed by atoms with Gasteiger partial charge in [0, 0.05) is 25.6 Å². The number of halogens is 3. The van der Waals surface area contributed by atoms with Crippen molar-refractivity contribution < 1.29 is 23.5 Å². The molecule has 94 valence electrons. The number of oxime groups is 1. The van der Waals surface area contributed by atoms with Crippen LogP contribution < -0.4 is 5.73 Å². The fourth-order valence-corrected chi connectivity index (χ4v) is 1.91. The van der Waals surface area contributed by atoms with Crippen LogP contribution in [0.4, 0.5) is 13.2 Å². The summed E-state index contributed by atoms with van der Waals surface area (Å²) in [7, 11) is 0. The molecule has 5 nitrogen and oxygen atoms in total. The van der Waals surface area contributed by atoms with Crippen molar-refractivity contribution in [3.05, 3.63) is 0 Å². The molecule has 0 aromatic heterocycles. The Morgan fingerprint density at radius 2 is 2.06 bits per heavy atom. The van der Waals surface area contributed by atoms with E-state index in [1.165, 1.54) is 4.90 Å². The van der Waals surface area contributed by atoms with E-state index in [0.29, 0.717) is 0 Å². The average Bonchev–Trinajstić information content (AvgIpc) is 2.60. The molecule has 16 heavy (non-hydrogen) atoms. The summed E-state index contributed by atoms with van der Waals surface area (Å²) < 4.78 is 37.6. The van der Waals surface area contributed by atoms with Crippen LogP contribution in [0.3, 0.4) is 0 Å². The van der Waals surface area contributed by atoms with E-state index in [0.717, 1.165) is 0 Å². The molecule has 1 aliphatic rings. The van der Waals surface area contributed by atoms with Gasteiger partial charge in [0.15, 0.2) is 5.84 Å². The monoisotopic (exact) mass is 241 g/mol. The molecule has 8 heteroatoms. The van der Waals surface area contributed by atoms with E-state index in [4.69, 9.17) is 16.0 Å². The zero-order valence-corrected chi connectivity index (χ0v) is 8.48. The summed E-state index contributed by atoms with van der Waals surface area (Å²) >= 11 is 0. The zero-order chi connectivity index (χ0) is 12.3. The number of rotatable bonds is 3. The summed E-state index contributed by atoms with van der Waals surface area (Å²) in [6.07, 6.45) is -4.33. The highest BCUT2D eigenvalue weighted by atomic mass is 19.4. The lowest BCUT2D eigenvalue weighted by Gasteiger charge is -2.19. The van der Waals surface area contributed by atoms with Gasteiger partial charge in [-0.05, 0) is 0 Å². The summed E-state index contributed by atoms with van der Waals surface area (Å²) in [6.45, 7) is -0.682. The van der Waals surface area contributed by atoms with Gasteiger partial charge in [0.2, 0.25) is 0 Å². The lowest BCUT2D eigenvalue weighted by molar-refractivity contribution is -0.182. The van der Waals surface area contributed by atoms with E-state index in [1.54, 1.807) is 0 Å². The molecule has 0 spiro atoms. The molecule has 0 radical (unpaired) electrons. The van der Waals surface area contributed by atoms with Crippen molar-refractivity contribution in [1.29, 1.82) is 0 Å². The maximum Gasteiger partial charge on any atom is 0.393 e. The predicted octanol–water partition coefficient (Wildman–Crippen LogP) is -0.165. The Kier molecular flexibility index (Phi) is 3.98. The number of alkyl halides is 3. The van der Waals surface area contributed by atoms with E-state index >= 15 is 0 Å². The number of hydrogen-bond donors (Lipinski definition) is 3. The second kappa shape index (κ2) is 4.88. The summed E-state index contributed by atoms with van der Waals surface area (Å²) in [4.78, 5) is 1.41. The van der Waals surface area contributed by atoms with Crippen molar-refractivity contribution in [1.82, 2.24) is 4.90 Å². The van der Waals surface area contributed by atoms with Gasteiger partial charge in [-0.15, -0.1) is 0 Å². The molecule has 0 aromatic rings. The number of aliphatic hydroxyl groups excluding tert-OH is 1. The molecule has 0 saturated carbocycles. The second-order valence-corrected chi connectivity index (χ2v) is 3.88. The number of nitrogens with two attached hydrogens (primary N) is 1. The molecule has 1 heterocycles.